The molecule has 0 bridgehead atoms. The summed E-state index contributed by atoms with van der Waals surface area (Å²) in [4.78, 5) is 10.3. The van der Waals surface area contributed by atoms with E-state index < -0.39 is 12.6 Å². The standard InChI is InChI=1S/C7H11F3OS/c1-6(11)12-5-3-2-4-7(8,9)10/h2-5H2,1H3. The molecule has 0 aliphatic carbocycles. The van der Waals surface area contributed by atoms with Gasteiger partial charge in [-0.2, -0.15) is 13.2 Å². The Hall–Kier alpha value is -0.190. The van der Waals surface area contributed by atoms with Crippen LogP contribution < -0.4 is 0 Å². The molecule has 0 rings (SSSR count). The SMILES string of the molecule is CC(=O)SCCCCC(F)(F)F. The summed E-state index contributed by atoms with van der Waals surface area (Å²) in [5.74, 6) is 0.491. The van der Waals surface area contributed by atoms with Crippen molar-refractivity contribution in [1.82, 2.24) is 0 Å². The molecule has 0 saturated heterocycles. The average molecular weight is 200 g/mol. The number of unbranched alkanes of at least 4 members (excludes halogenated alkanes) is 1. The molecule has 0 atom stereocenters. The van der Waals surface area contributed by atoms with Crippen molar-refractivity contribution in [3.05, 3.63) is 0 Å². The van der Waals surface area contributed by atoms with Gasteiger partial charge in [0.25, 0.3) is 0 Å². The third-order valence-corrected chi connectivity index (χ3v) is 2.06. The molecule has 0 heterocycles. The van der Waals surface area contributed by atoms with Crippen molar-refractivity contribution in [2.45, 2.75) is 32.4 Å². The number of thioether (sulfide) groups is 1. The predicted molar refractivity (Wildman–Crippen MR) is 43.0 cm³/mol. The van der Waals surface area contributed by atoms with Crippen molar-refractivity contribution in [2.75, 3.05) is 5.75 Å². The van der Waals surface area contributed by atoms with Crippen LogP contribution in [0.1, 0.15) is 26.2 Å². The summed E-state index contributed by atoms with van der Waals surface area (Å²) in [6, 6.07) is 0. The Bertz CT molecular complexity index is 144. The molecule has 0 aliphatic rings. The van der Waals surface area contributed by atoms with Crippen molar-refractivity contribution < 1.29 is 18.0 Å². The molecule has 0 amide bonds. The minimum atomic E-state index is -4.05. The third-order valence-electron chi connectivity index (χ3n) is 1.16. The van der Waals surface area contributed by atoms with Gasteiger partial charge in [-0.15, -0.1) is 0 Å². The third kappa shape index (κ3) is 9.81. The highest BCUT2D eigenvalue weighted by atomic mass is 32.2. The molecule has 0 aromatic carbocycles. The summed E-state index contributed by atoms with van der Waals surface area (Å²) in [5, 5.41) is -0.0398. The normalized spacial score (nSPS) is 11.7. The fourth-order valence-electron chi connectivity index (χ4n) is 0.643. The molecule has 0 radical (unpaired) electrons. The quantitative estimate of drug-likeness (QED) is 0.649. The van der Waals surface area contributed by atoms with Crippen LogP contribution >= 0.6 is 11.8 Å². The largest absolute Gasteiger partial charge is 0.389 e. The van der Waals surface area contributed by atoms with Crippen LogP contribution in [0.4, 0.5) is 13.2 Å². The smallest absolute Gasteiger partial charge is 0.288 e. The number of halogens is 3. The number of carbonyl (C=O) groups excluding carboxylic acids is 1. The lowest BCUT2D eigenvalue weighted by molar-refractivity contribution is -0.135. The van der Waals surface area contributed by atoms with Crippen LogP contribution in [0.2, 0.25) is 0 Å². The van der Waals surface area contributed by atoms with Crippen LogP contribution in [0, 0.1) is 0 Å². The molecule has 0 unspecified atom stereocenters. The summed E-state index contributed by atoms with van der Waals surface area (Å²) in [6.07, 6.45) is -4.24. The van der Waals surface area contributed by atoms with Gasteiger partial charge in [-0.1, -0.05) is 11.8 Å². The first-order valence-electron chi connectivity index (χ1n) is 3.62. The Balaban J connectivity index is 3.17. The van der Waals surface area contributed by atoms with Crippen molar-refractivity contribution in [3.8, 4) is 0 Å². The summed E-state index contributed by atoms with van der Waals surface area (Å²) < 4.78 is 34.7. The fourth-order valence-corrected chi connectivity index (χ4v) is 1.28. The Labute approximate surface area is 73.7 Å². The van der Waals surface area contributed by atoms with Gasteiger partial charge in [0.05, 0.1) is 0 Å². The van der Waals surface area contributed by atoms with Gasteiger partial charge in [0.1, 0.15) is 0 Å². The first-order valence-corrected chi connectivity index (χ1v) is 4.60. The maximum atomic E-state index is 11.6. The lowest BCUT2D eigenvalue weighted by Crippen LogP contribution is -2.06. The van der Waals surface area contributed by atoms with Crippen LogP contribution in [-0.2, 0) is 4.79 Å². The van der Waals surface area contributed by atoms with E-state index in [1.54, 1.807) is 0 Å². The zero-order chi connectivity index (χ0) is 9.61. The Morgan fingerprint density at radius 1 is 1.33 bits per heavy atom. The zero-order valence-corrected chi connectivity index (χ0v) is 7.60. The highest BCUT2D eigenvalue weighted by molar-refractivity contribution is 8.13. The molecule has 5 heteroatoms. The first kappa shape index (κ1) is 11.8. The first-order chi connectivity index (χ1) is 5.42. The summed E-state index contributed by atoms with van der Waals surface area (Å²) in [7, 11) is 0. The maximum Gasteiger partial charge on any atom is 0.389 e. The van der Waals surface area contributed by atoms with Crippen LogP contribution in [0.5, 0.6) is 0 Å². The molecule has 0 aliphatic heterocycles. The number of hydrogen-bond donors (Lipinski definition) is 0. The molecule has 0 fully saturated rings. The molecule has 0 spiro atoms. The molecule has 72 valence electrons. The van der Waals surface area contributed by atoms with E-state index in [0.29, 0.717) is 12.2 Å². The van der Waals surface area contributed by atoms with E-state index in [1.807, 2.05) is 0 Å². The van der Waals surface area contributed by atoms with E-state index in [4.69, 9.17) is 0 Å². The number of carbonyl (C=O) groups is 1. The topological polar surface area (TPSA) is 17.1 Å². The lowest BCUT2D eigenvalue weighted by atomic mass is 10.2. The monoisotopic (exact) mass is 200 g/mol. The number of hydrogen-bond acceptors (Lipinski definition) is 2. The van der Waals surface area contributed by atoms with Crippen LogP contribution in [0.25, 0.3) is 0 Å². The van der Waals surface area contributed by atoms with Gasteiger partial charge in [-0.05, 0) is 12.8 Å². The Morgan fingerprint density at radius 2 is 1.92 bits per heavy atom. The van der Waals surface area contributed by atoms with Crippen LogP contribution in [0.3, 0.4) is 0 Å². The van der Waals surface area contributed by atoms with E-state index in [2.05, 4.69) is 0 Å². The fraction of sp³-hybridized carbons (Fsp3) is 0.857. The zero-order valence-electron chi connectivity index (χ0n) is 6.78. The van der Waals surface area contributed by atoms with Gasteiger partial charge < -0.3 is 0 Å². The summed E-state index contributed by atoms with van der Waals surface area (Å²) in [6.45, 7) is 1.41. The van der Waals surface area contributed by atoms with E-state index in [0.717, 1.165) is 11.8 Å². The van der Waals surface area contributed by atoms with E-state index >= 15 is 0 Å². The van der Waals surface area contributed by atoms with E-state index in [1.165, 1.54) is 6.92 Å². The second-order valence-corrected chi connectivity index (χ2v) is 3.68. The second kappa shape index (κ2) is 5.45. The van der Waals surface area contributed by atoms with Gasteiger partial charge in [0.15, 0.2) is 5.12 Å². The van der Waals surface area contributed by atoms with Gasteiger partial charge in [-0.25, -0.2) is 0 Å². The van der Waals surface area contributed by atoms with Gasteiger partial charge in [-0.3, -0.25) is 4.79 Å². The highest BCUT2D eigenvalue weighted by Crippen LogP contribution is 2.22. The van der Waals surface area contributed by atoms with Crippen LogP contribution in [0.15, 0.2) is 0 Å². The van der Waals surface area contributed by atoms with Crippen molar-refractivity contribution in [3.63, 3.8) is 0 Å². The Kier molecular flexibility index (Phi) is 5.37. The highest BCUT2D eigenvalue weighted by Gasteiger charge is 2.25. The molecule has 0 aromatic rings. The van der Waals surface area contributed by atoms with E-state index in [-0.39, 0.29) is 11.5 Å². The number of alkyl halides is 3. The predicted octanol–water partition coefficient (Wildman–Crippen LogP) is 3.00. The molecule has 12 heavy (non-hydrogen) atoms. The van der Waals surface area contributed by atoms with Crippen molar-refractivity contribution in [1.29, 1.82) is 0 Å². The minimum Gasteiger partial charge on any atom is -0.288 e. The van der Waals surface area contributed by atoms with E-state index in [9.17, 15) is 18.0 Å². The van der Waals surface area contributed by atoms with Gasteiger partial charge in [0, 0.05) is 19.1 Å². The molecule has 1 nitrogen and oxygen atoms in total. The summed E-state index contributed by atoms with van der Waals surface area (Å²) in [5.41, 5.74) is 0. The molecule has 0 N–H and O–H groups in total. The Morgan fingerprint density at radius 3 is 2.33 bits per heavy atom. The molecular formula is C7H11F3OS. The molecule has 0 saturated carbocycles. The van der Waals surface area contributed by atoms with Crippen LogP contribution in [-0.4, -0.2) is 17.0 Å². The minimum absolute atomic E-state index is 0.0398. The second-order valence-electron chi connectivity index (χ2n) is 2.41. The van der Waals surface area contributed by atoms with Crippen molar-refractivity contribution in [2.24, 2.45) is 0 Å². The molecule has 0 aromatic heterocycles. The van der Waals surface area contributed by atoms with Gasteiger partial charge >= 0.3 is 6.18 Å². The lowest BCUT2D eigenvalue weighted by Gasteiger charge is -2.04. The number of rotatable bonds is 4. The van der Waals surface area contributed by atoms with Crippen molar-refractivity contribution >= 4 is 16.9 Å². The average Bonchev–Trinajstić information content (AvgIpc) is 1.83. The molecular weight excluding hydrogens is 189 g/mol. The summed E-state index contributed by atoms with van der Waals surface area (Å²) >= 11 is 1.08. The van der Waals surface area contributed by atoms with Gasteiger partial charge in [0.2, 0.25) is 0 Å². The maximum absolute atomic E-state index is 11.6.